The van der Waals surface area contributed by atoms with Crippen molar-refractivity contribution < 1.29 is 13.2 Å². The molecule has 0 bridgehead atoms. The number of nitrogens with zero attached hydrogens (tertiary/aromatic N) is 2. The van der Waals surface area contributed by atoms with Crippen molar-refractivity contribution in [2.45, 2.75) is 25.9 Å². The van der Waals surface area contributed by atoms with Gasteiger partial charge in [-0.2, -0.15) is 18.3 Å². The number of halogens is 4. The maximum atomic E-state index is 12.9. The van der Waals surface area contributed by atoms with Crippen LogP contribution in [0.3, 0.4) is 0 Å². The number of nitrogen functional groups attached to an aromatic ring is 1. The lowest BCUT2D eigenvalue weighted by atomic mass is 10.0. The van der Waals surface area contributed by atoms with E-state index in [1.807, 2.05) is 6.92 Å². The van der Waals surface area contributed by atoms with Gasteiger partial charge in [-0.3, -0.25) is 4.68 Å². The fourth-order valence-electron chi connectivity index (χ4n) is 2.18. The topological polar surface area (TPSA) is 43.8 Å². The second-order valence-electron chi connectivity index (χ2n) is 4.78. The summed E-state index contributed by atoms with van der Waals surface area (Å²) in [6, 6.07) is 3.53. The lowest BCUT2D eigenvalue weighted by Crippen LogP contribution is -2.05. The molecular weight excluding hydrogens is 347 g/mol. The highest BCUT2D eigenvalue weighted by Crippen LogP contribution is 2.38. The number of benzene rings is 1. The highest BCUT2D eigenvalue weighted by molar-refractivity contribution is 9.10. The van der Waals surface area contributed by atoms with Crippen LogP contribution in [-0.4, -0.2) is 9.78 Å². The van der Waals surface area contributed by atoms with Gasteiger partial charge in [0.2, 0.25) is 0 Å². The summed E-state index contributed by atoms with van der Waals surface area (Å²) in [5.41, 5.74) is 6.94. The van der Waals surface area contributed by atoms with Crippen molar-refractivity contribution in [2.75, 3.05) is 5.73 Å². The van der Waals surface area contributed by atoms with E-state index < -0.39 is 11.7 Å². The van der Waals surface area contributed by atoms with Gasteiger partial charge in [0.1, 0.15) is 5.82 Å². The van der Waals surface area contributed by atoms with Crippen molar-refractivity contribution in [3.8, 4) is 11.3 Å². The predicted octanol–water partition coefficient (Wildman–Crippen LogP) is 4.40. The van der Waals surface area contributed by atoms with E-state index in [4.69, 9.17) is 5.73 Å². The fourth-order valence-corrected chi connectivity index (χ4v) is 2.61. The molecule has 0 amide bonds. The Morgan fingerprint density at radius 3 is 2.57 bits per heavy atom. The number of rotatable bonds is 3. The van der Waals surface area contributed by atoms with Crippen molar-refractivity contribution >= 4 is 21.7 Å². The fraction of sp³-hybridized carbons (Fsp3) is 0.357. The Morgan fingerprint density at radius 1 is 1.33 bits per heavy atom. The quantitative estimate of drug-likeness (QED) is 0.880. The highest BCUT2D eigenvalue weighted by Gasteiger charge is 2.31. The second kappa shape index (κ2) is 5.71. The van der Waals surface area contributed by atoms with Crippen molar-refractivity contribution in [1.82, 2.24) is 9.78 Å². The van der Waals surface area contributed by atoms with Crippen LogP contribution in [0, 0.1) is 0 Å². The molecule has 0 saturated heterocycles. The molecule has 2 aromatic rings. The number of nitrogens with two attached hydrogens (primary N) is 1. The molecule has 3 nitrogen and oxygen atoms in total. The number of alkyl halides is 3. The lowest BCUT2D eigenvalue weighted by Gasteiger charge is -2.10. The molecule has 2 N–H and O–H groups in total. The molecule has 0 radical (unpaired) electrons. The van der Waals surface area contributed by atoms with Crippen LogP contribution in [-0.2, 0) is 19.6 Å². The van der Waals surface area contributed by atoms with Crippen LogP contribution < -0.4 is 5.73 Å². The summed E-state index contributed by atoms with van der Waals surface area (Å²) < 4.78 is 40.7. The summed E-state index contributed by atoms with van der Waals surface area (Å²) >= 11 is 3.30. The molecule has 1 heterocycles. The minimum absolute atomic E-state index is 0.403. The number of aromatic nitrogens is 2. The number of aryl methyl sites for hydroxylation is 1. The number of anilines is 1. The normalized spacial score (nSPS) is 11.9. The first-order valence-corrected chi connectivity index (χ1v) is 7.23. The maximum Gasteiger partial charge on any atom is 0.416 e. The van der Waals surface area contributed by atoms with Crippen LogP contribution >= 0.6 is 15.9 Å². The Morgan fingerprint density at radius 2 is 2.00 bits per heavy atom. The molecular formula is C14H15BrF3N3. The third kappa shape index (κ3) is 3.07. The zero-order valence-corrected chi connectivity index (χ0v) is 13.2. The van der Waals surface area contributed by atoms with E-state index in [9.17, 15) is 13.2 Å². The van der Waals surface area contributed by atoms with Crippen LogP contribution in [0.1, 0.15) is 24.5 Å². The smallest absolute Gasteiger partial charge is 0.384 e. The molecule has 2 rings (SSSR count). The standard InChI is InChI=1S/C14H15BrF3N3/c1-3-4-9-12(20-21(2)13(9)19)10-7-8(14(16,17)18)5-6-11(10)15/h5-7H,3-4,19H2,1-2H3. The van der Waals surface area contributed by atoms with Gasteiger partial charge in [-0.1, -0.05) is 29.3 Å². The molecule has 21 heavy (non-hydrogen) atoms. The molecule has 0 spiro atoms. The first-order valence-electron chi connectivity index (χ1n) is 6.44. The van der Waals surface area contributed by atoms with Crippen LogP contribution in [0.25, 0.3) is 11.3 Å². The van der Waals surface area contributed by atoms with E-state index in [0.717, 1.165) is 24.1 Å². The van der Waals surface area contributed by atoms with Crippen LogP contribution in [0.4, 0.5) is 19.0 Å². The van der Waals surface area contributed by atoms with Crippen molar-refractivity contribution in [3.05, 3.63) is 33.8 Å². The Kier molecular flexibility index (Phi) is 4.32. The molecule has 0 aliphatic carbocycles. The van der Waals surface area contributed by atoms with E-state index in [1.54, 1.807) is 7.05 Å². The molecule has 0 unspecified atom stereocenters. The van der Waals surface area contributed by atoms with E-state index in [0.29, 0.717) is 28.0 Å². The van der Waals surface area contributed by atoms with Crippen LogP contribution in [0.15, 0.2) is 22.7 Å². The predicted molar refractivity (Wildman–Crippen MR) is 79.8 cm³/mol. The largest absolute Gasteiger partial charge is 0.416 e. The van der Waals surface area contributed by atoms with Gasteiger partial charge < -0.3 is 5.73 Å². The van der Waals surface area contributed by atoms with Gasteiger partial charge >= 0.3 is 6.18 Å². The zero-order valence-electron chi connectivity index (χ0n) is 11.6. The van der Waals surface area contributed by atoms with Crippen LogP contribution in [0.2, 0.25) is 0 Å². The average Bonchev–Trinajstić information content (AvgIpc) is 2.66. The first-order chi connectivity index (χ1) is 9.75. The average molecular weight is 362 g/mol. The van der Waals surface area contributed by atoms with Crippen molar-refractivity contribution in [1.29, 1.82) is 0 Å². The van der Waals surface area contributed by atoms with Gasteiger partial charge in [0.05, 0.1) is 11.3 Å². The number of hydrogen-bond acceptors (Lipinski definition) is 2. The minimum Gasteiger partial charge on any atom is -0.384 e. The van der Waals surface area contributed by atoms with Gasteiger partial charge in [-0.15, -0.1) is 0 Å². The molecule has 1 aromatic carbocycles. The first kappa shape index (κ1) is 15.9. The third-order valence-corrected chi connectivity index (χ3v) is 3.93. The van der Waals surface area contributed by atoms with E-state index in [-0.39, 0.29) is 0 Å². The summed E-state index contributed by atoms with van der Waals surface area (Å²) in [6.45, 7) is 1.98. The minimum atomic E-state index is -4.39. The zero-order chi connectivity index (χ0) is 15.8. The Labute approximate surface area is 129 Å². The SMILES string of the molecule is CCCc1c(-c2cc(C(F)(F)F)ccc2Br)nn(C)c1N. The summed E-state index contributed by atoms with van der Waals surface area (Å²) in [7, 11) is 1.68. The molecule has 1 aromatic heterocycles. The van der Waals surface area contributed by atoms with Crippen LogP contribution in [0.5, 0.6) is 0 Å². The highest BCUT2D eigenvalue weighted by atomic mass is 79.9. The third-order valence-electron chi connectivity index (χ3n) is 3.24. The summed E-state index contributed by atoms with van der Waals surface area (Å²) in [4.78, 5) is 0. The van der Waals surface area contributed by atoms with E-state index in [1.165, 1.54) is 10.7 Å². The van der Waals surface area contributed by atoms with Crippen molar-refractivity contribution in [2.24, 2.45) is 7.05 Å². The van der Waals surface area contributed by atoms with E-state index in [2.05, 4.69) is 21.0 Å². The molecule has 0 aliphatic heterocycles. The van der Waals surface area contributed by atoms with Gasteiger partial charge in [0, 0.05) is 22.6 Å². The summed E-state index contributed by atoms with van der Waals surface area (Å²) in [5, 5.41) is 4.28. The Hall–Kier alpha value is -1.50. The van der Waals surface area contributed by atoms with Gasteiger partial charge in [0.25, 0.3) is 0 Å². The molecule has 0 saturated carbocycles. The molecule has 0 aliphatic rings. The molecule has 7 heteroatoms. The monoisotopic (exact) mass is 361 g/mol. The Bertz CT molecular complexity index is 662. The van der Waals surface area contributed by atoms with E-state index >= 15 is 0 Å². The summed E-state index contributed by atoms with van der Waals surface area (Å²) in [5.74, 6) is 0.483. The molecule has 0 atom stereocenters. The van der Waals surface area contributed by atoms with Gasteiger partial charge in [0.15, 0.2) is 0 Å². The maximum absolute atomic E-state index is 12.9. The Balaban J connectivity index is 2.64. The van der Waals surface area contributed by atoms with Gasteiger partial charge in [-0.05, 0) is 24.6 Å². The lowest BCUT2D eigenvalue weighted by molar-refractivity contribution is -0.137. The number of hydrogen-bond donors (Lipinski definition) is 1. The molecule has 0 fully saturated rings. The second-order valence-corrected chi connectivity index (χ2v) is 5.63. The van der Waals surface area contributed by atoms with Gasteiger partial charge in [-0.25, -0.2) is 0 Å². The molecule has 114 valence electrons. The van der Waals surface area contributed by atoms with Crippen molar-refractivity contribution in [3.63, 3.8) is 0 Å². The summed E-state index contributed by atoms with van der Waals surface area (Å²) in [6.07, 6.45) is -2.89.